The van der Waals surface area contributed by atoms with Gasteiger partial charge in [-0.2, -0.15) is 4.72 Å². The van der Waals surface area contributed by atoms with Crippen molar-refractivity contribution in [1.29, 1.82) is 0 Å². The minimum absolute atomic E-state index is 0.00641. The van der Waals surface area contributed by atoms with Gasteiger partial charge in [0.05, 0.1) is 4.90 Å². The van der Waals surface area contributed by atoms with E-state index in [1.54, 1.807) is 6.07 Å². The van der Waals surface area contributed by atoms with Crippen LogP contribution in [0, 0.1) is 6.92 Å². The molecule has 18 heavy (non-hydrogen) atoms. The Bertz CT molecular complexity index is 586. The Labute approximate surface area is 122 Å². The Morgan fingerprint density at radius 2 is 1.89 bits per heavy atom. The van der Waals surface area contributed by atoms with Crippen molar-refractivity contribution in [1.82, 2.24) is 4.72 Å². The minimum atomic E-state index is -3.88. The molecular weight excluding hydrogens is 390 g/mol. The first-order valence-electron chi connectivity index (χ1n) is 4.86. The fraction of sp³-hybridized carbons (Fsp3) is 0.300. The molecule has 0 unspecified atom stereocenters. The SMILES string of the molecule is Cc1cc(Br)c(S(=O)(=O)N[C@@H](C)C(=O)O)cc1Br. The summed E-state index contributed by atoms with van der Waals surface area (Å²) in [6.07, 6.45) is 0. The number of rotatable bonds is 4. The van der Waals surface area contributed by atoms with Gasteiger partial charge in [-0.1, -0.05) is 15.9 Å². The van der Waals surface area contributed by atoms with Crippen molar-refractivity contribution < 1.29 is 18.3 Å². The highest BCUT2D eigenvalue weighted by Gasteiger charge is 2.24. The molecule has 5 nitrogen and oxygen atoms in total. The van der Waals surface area contributed by atoms with Gasteiger partial charge in [0.15, 0.2) is 0 Å². The average molecular weight is 401 g/mol. The molecule has 0 amide bonds. The summed E-state index contributed by atoms with van der Waals surface area (Å²) < 4.78 is 27.1. The molecule has 2 N–H and O–H groups in total. The number of halogens is 2. The summed E-state index contributed by atoms with van der Waals surface area (Å²) in [6.45, 7) is 3.08. The zero-order valence-electron chi connectivity index (χ0n) is 9.57. The smallest absolute Gasteiger partial charge is 0.321 e. The topological polar surface area (TPSA) is 83.5 Å². The van der Waals surface area contributed by atoms with Crippen molar-refractivity contribution in [3.63, 3.8) is 0 Å². The largest absolute Gasteiger partial charge is 0.480 e. The van der Waals surface area contributed by atoms with Gasteiger partial charge in [-0.05, 0) is 47.5 Å². The summed E-state index contributed by atoms with van der Waals surface area (Å²) in [7, 11) is -3.88. The second kappa shape index (κ2) is 5.68. The Hall–Kier alpha value is -0.440. The summed E-state index contributed by atoms with van der Waals surface area (Å²) in [5.74, 6) is -1.24. The third-order valence-corrected chi connectivity index (χ3v) is 5.56. The Balaban J connectivity index is 3.21. The van der Waals surface area contributed by atoms with Crippen LogP contribution in [0.4, 0.5) is 0 Å². The van der Waals surface area contributed by atoms with Crippen LogP contribution in [-0.2, 0) is 14.8 Å². The van der Waals surface area contributed by atoms with Crippen molar-refractivity contribution in [3.05, 3.63) is 26.6 Å². The standard InChI is InChI=1S/C10H11Br2NO4S/c1-5-3-8(12)9(4-7(5)11)18(16,17)13-6(2)10(14)15/h3-4,6,13H,1-2H3,(H,14,15)/t6-/m0/s1. The van der Waals surface area contributed by atoms with Crippen LogP contribution in [-0.4, -0.2) is 25.5 Å². The van der Waals surface area contributed by atoms with E-state index in [1.807, 2.05) is 6.92 Å². The zero-order valence-corrected chi connectivity index (χ0v) is 13.6. The zero-order chi connectivity index (χ0) is 14.1. The molecule has 0 aromatic heterocycles. The molecule has 0 bridgehead atoms. The molecule has 0 aliphatic rings. The first-order chi connectivity index (χ1) is 8.15. The second-order valence-electron chi connectivity index (χ2n) is 3.71. The molecule has 0 radical (unpaired) electrons. The van der Waals surface area contributed by atoms with Crippen LogP contribution < -0.4 is 4.72 Å². The fourth-order valence-electron chi connectivity index (χ4n) is 1.18. The lowest BCUT2D eigenvalue weighted by Gasteiger charge is -2.12. The van der Waals surface area contributed by atoms with E-state index in [4.69, 9.17) is 5.11 Å². The van der Waals surface area contributed by atoms with E-state index < -0.39 is 22.0 Å². The van der Waals surface area contributed by atoms with Gasteiger partial charge in [-0.3, -0.25) is 4.79 Å². The number of aliphatic carboxylic acids is 1. The number of sulfonamides is 1. The summed E-state index contributed by atoms with van der Waals surface area (Å²) in [4.78, 5) is 10.7. The van der Waals surface area contributed by atoms with Gasteiger partial charge in [0.25, 0.3) is 0 Å². The number of carboxylic acid groups (broad SMARTS) is 1. The van der Waals surface area contributed by atoms with Crippen LogP contribution in [0.2, 0.25) is 0 Å². The van der Waals surface area contributed by atoms with Gasteiger partial charge in [0.2, 0.25) is 10.0 Å². The summed E-state index contributed by atoms with van der Waals surface area (Å²) in [6, 6.07) is 1.88. The summed E-state index contributed by atoms with van der Waals surface area (Å²) in [5.41, 5.74) is 0.868. The number of hydrogen-bond acceptors (Lipinski definition) is 3. The molecule has 100 valence electrons. The highest BCUT2D eigenvalue weighted by molar-refractivity contribution is 9.11. The molecule has 8 heteroatoms. The quantitative estimate of drug-likeness (QED) is 0.811. The van der Waals surface area contributed by atoms with Gasteiger partial charge in [-0.25, -0.2) is 8.42 Å². The number of nitrogens with one attached hydrogen (secondary N) is 1. The molecular formula is C10H11Br2NO4S. The van der Waals surface area contributed by atoms with Gasteiger partial charge in [0, 0.05) is 8.95 Å². The van der Waals surface area contributed by atoms with Crippen LogP contribution in [0.25, 0.3) is 0 Å². The minimum Gasteiger partial charge on any atom is -0.480 e. The first kappa shape index (κ1) is 15.6. The van der Waals surface area contributed by atoms with Gasteiger partial charge >= 0.3 is 5.97 Å². The fourth-order valence-corrected chi connectivity index (χ4v) is 4.05. The van der Waals surface area contributed by atoms with E-state index in [0.717, 1.165) is 5.56 Å². The molecule has 0 aliphatic carbocycles. The van der Waals surface area contributed by atoms with Crippen LogP contribution in [0.15, 0.2) is 26.0 Å². The summed E-state index contributed by atoms with van der Waals surface area (Å²) in [5, 5.41) is 8.71. The normalized spacial score (nSPS) is 13.3. The van der Waals surface area contributed by atoms with Crippen molar-refractivity contribution in [3.8, 4) is 0 Å². The van der Waals surface area contributed by atoms with Gasteiger partial charge in [0.1, 0.15) is 6.04 Å². The van der Waals surface area contributed by atoms with E-state index in [-0.39, 0.29) is 4.90 Å². The van der Waals surface area contributed by atoms with Crippen molar-refractivity contribution in [2.24, 2.45) is 0 Å². The van der Waals surface area contributed by atoms with Crippen LogP contribution >= 0.6 is 31.9 Å². The maximum Gasteiger partial charge on any atom is 0.321 e. The van der Waals surface area contributed by atoms with Gasteiger partial charge < -0.3 is 5.11 Å². The lowest BCUT2D eigenvalue weighted by Crippen LogP contribution is -2.38. The molecule has 1 atom stereocenters. The Kier molecular flexibility index (Phi) is 4.93. The molecule has 1 aromatic carbocycles. The van der Waals surface area contributed by atoms with E-state index in [0.29, 0.717) is 8.95 Å². The molecule has 0 saturated carbocycles. The predicted molar refractivity (Wildman–Crippen MR) is 74.0 cm³/mol. The number of carboxylic acids is 1. The summed E-state index contributed by atoms with van der Waals surface area (Å²) >= 11 is 6.40. The predicted octanol–water partition coefficient (Wildman–Crippen LogP) is 2.27. The highest BCUT2D eigenvalue weighted by Crippen LogP contribution is 2.28. The molecule has 1 aromatic rings. The number of carbonyl (C=O) groups is 1. The van der Waals surface area contributed by atoms with Gasteiger partial charge in [-0.15, -0.1) is 0 Å². The number of aryl methyl sites for hydroxylation is 1. The molecule has 0 aliphatic heterocycles. The van der Waals surface area contributed by atoms with Crippen LogP contribution in [0.1, 0.15) is 12.5 Å². The second-order valence-corrected chi connectivity index (χ2v) is 7.10. The van der Waals surface area contributed by atoms with E-state index >= 15 is 0 Å². The lowest BCUT2D eigenvalue weighted by atomic mass is 10.2. The first-order valence-corrected chi connectivity index (χ1v) is 7.93. The lowest BCUT2D eigenvalue weighted by molar-refractivity contribution is -0.138. The third-order valence-electron chi connectivity index (χ3n) is 2.21. The Morgan fingerprint density at radius 1 is 1.33 bits per heavy atom. The third kappa shape index (κ3) is 3.53. The molecule has 0 spiro atoms. The molecule has 1 rings (SSSR count). The maximum absolute atomic E-state index is 12.0. The van der Waals surface area contributed by atoms with Crippen LogP contribution in [0.3, 0.4) is 0 Å². The van der Waals surface area contributed by atoms with E-state index in [9.17, 15) is 13.2 Å². The van der Waals surface area contributed by atoms with E-state index in [1.165, 1.54) is 13.0 Å². The molecule has 0 heterocycles. The van der Waals surface area contributed by atoms with Crippen LogP contribution in [0.5, 0.6) is 0 Å². The number of hydrogen-bond donors (Lipinski definition) is 2. The maximum atomic E-state index is 12.0. The highest BCUT2D eigenvalue weighted by atomic mass is 79.9. The Morgan fingerprint density at radius 3 is 2.39 bits per heavy atom. The molecule has 0 fully saturated rings. The van der Waals surface area contributed by atoms with Crippen molar-refractivity contribution in [2.75, 3.05) is 0 Å². The monoisotopic (exact) mass is 399 g/mol. The molecule has 0 saturated heterocycles. The van der Waals surface area contributed by atoms with Crippen molar-refractivity contribution in [2.45, 2.75) is 24.8 Å². The average Bonchev–Trinajstić information content (AvgIpc) is 2.22. The van der Waals surface area contributed by atoms with E-state index in [2.05, 4.69) is 36.6 Å². The van der Waals surface area contributed by atoms with Crippen molar-refractivity contribution >= 4 is 47.9 Å². The number of benzene rings is 1.